The number of carboxylic acids is 1. The Kier molecular flexibility index (Phi) is 4.92. The normalized spacial score (nSPS) is 26.8. The van der Waals surface area contributed by atoms with Gasteiger partial charge in [-0.15, -0.1) is 11.8 Å². The number of carbonyl (C=O) groups excluding carboxylic acids is 2. The molecule has 0 unspecified atom stereocenters. The Labute approximate surface area is 169 Å². The van der Waals surface area contributed by atoms with Gasteiger partial charge in [-0.2, -0.15) is 0 Å². The van der Waals surface area contributed by atoms with Crippen LogP contribution in [0.3, 0.4) is 0 Å². The molecule has 1 aromatic rings. The zero-order valence-corrected chi connectivity index (χ0v) is 17.0. The molecule has 4 atom stereocenters. The van der Waals surface area contributed by atoms with Gasteiger partial charge in [-0.1, -0.05) is 11.8 Å². The highest BCUT2D eigenvalue weighted by Crippen LogP contribution is 2.57. The van der Waals surface area contributed by atoms with Crippen LogP contribution in [-0.4, -0.2) is 56.0 Å². The first-order chi connectivity index (χ1) is 13.3. The highest BCUT2D eigenvalue weighted by Gasteiger charge is 2.58. The number of β-lactam (4-membered cyclic amide) rings is 1. The van der Waals surface area contributed by atoms with E-state index in [1.807, 2.05) is 17.1 Å². The Morgan fingerprint density at radius 3 is 2.89 bits per heavy atom. The molecule has 1 saturated heterocycles. The van der Waals surface area contributed by atoms with Crippen molar-refractivity contribution in [3.05, 3.63) is 28.2 Å². The van der Waals surface area contributed by atoms with Crippen LogP contribution in [0.2, 0.25) is 0 Å². The zero-order valence-electron chi connectivity index (χ0n) is 15.4. The average molecular weight is 426 g/mol. The third-order valence-electron chi connectivity index (χ3n) is 5.20. The number of thioether (sulfide) groups is 2. The summed E-state index contributed by atoms with van der Waals surface area (Å²) in [5, 5.41) is 21.8. The number of aliphatic hydroxyl groups is 1. The largest absolute Gasteiger partial charge is 0.477 e. The summed E-state index contributed by atoms with van der Waals surface area (Å²) in [6.45, 7) is 2.57. The van der Waals surface area contributed by atoms with Gasteiger partial charge < -0.3 is 15.5 Å². The van der Waals surface area contributed by atoms with Gasteiger partial charge in [-0.05, 0) is 6.92 Å². The summed E-state index contributed by atoms with van der Waals surface area (Å²) in [6, 6.07) is 0. The van der Waals surface area contributed by atoms with Gasteiger partial charge in [0.05, 0.1) is 28.1 Å². The van der Waals surface area contributed by atoms with Crippen molar-refractivity contribution in [2.45, 2.75) is 43.2 Å². The fraction of sp³-hybridized carbons (Fsp3) is 0.529. The van der Waals surface area contributed by atoms with E-state index in [9.17, 15) is 24.6 Å². The molecule has 0 bridgehead atoms. The summed E-state index contributed by atoms with van der Waals surface area (Å²) in [5.74, 6) is -2.12. The van der Waals surface area contributed by atoms with E-state index in [0.29, 0.717) is 4.24 Å². The van der Waals surface area contributed by atoms with E-state index in [-0.39, 0.29) is 34.7 Å². The number of carboxylic acid groups (broad SMARTS) is 1. The summed E-state index contributed by atoms with van der Waals surface area (Å²) in [6.07, 6.45) is 3.84. The molecule has 3 aliphatic heterocycles. The van der Waals surface area contributed by atoms with Crippen molar-refractivity contribution >= 4 is 41.3 Å². The minimum atomic E-state index is -1.13. The lowest BCUT2D eigenvalue weighted by Crippen LogP contribution is -2.60. The highest BCUT2D eigenvalue weighted by atomic mass is 32.2. The van der Waals surface area contributed by atoms with Crippen molar-refractivity contribution in [1.82, 2.24) is 14.8 Å². The van der Waals surface area contributed by atoms with Gasteiger partial charge in [0.15, 0.2) is 17.9 Å². The van der Waals surface area contributed by atoms with Crippen molar-refractivity contribution in [2.75, 3.05) is 7.05 Å². The van der Waals surface area contributed by atoms with Gasteiger partial charge in [0.2, 0.25) is 12.2 Å². The number of nitrogens with zero attached hydrogens (tertiary/aromatic N) is 3. The van der Waals surface area contributed by atoms with Crippen molar-refractivity contribution < 1.29 is 29.2 Å². The topological polar surface area (TPSA) is 116 Å². The van der Waals surface area contributed by atoms with E-state index in [1.165, 1.54) is 28.4 Å². The van der Waals surface area contributed by atoms with Gasteiger partial charge in [0.25, 0.3) is 5.91 Å². The van der Waals surface area contributed by atoms with Crippen molar-refractivity contribution in [3.63, 3.8) is 0 Å². The van der Waals surface area contributed by atoms with Gasteiger partial charge >= 0.3 is 5.97 Å². The lowest BCUT2D eigenvalue weighted by Gasteiger charge is -2.43. The minimum absolute atomic E-state index is 0.0187. The average Bonchev–Trinajstić information content (AvgIpc) is 3.27. The molecule has 0 saturated carbocycles. The number of amides is 2. The van der Waals surface area contributed by atoms with E-state index in [0.717, 1.165) is 18.7 Å². The quantitative estimate of drug-likeness (QED) is 0.429. The number of hydrogen-bond donors (Lipinski definition) is 3. The number of aryl methyl sites for hydroxylation is 1. The molecule has 28 heavy (non-hydrogen) atoms. The van der Waals surface area contributed by atoms with Crippen LogP contribution in [0.1, 0.15) is 24.3 Å². The maximum Gasteiger partial charge on any atom is 0.354 e. The molecule has 9 nitrogen and oxygen atoms in total. The van der Waals surface area contributed by atoms with Gasteiger partial charge in [0.1, 0.15) is 11.6 Å². The highest BCUT2D eigenvalue weighted by molar-refractivity contribution is 8.22. The monoisotopic (exact) mass is 425 g/mol. The molecule has 0 aliphatic carbocycles. The molecule has 3 N–H and O–H groups in total. The Morgan fingerprint density at radius 1 is 1.50 bits per heavy atom. The van der Waals surface area contributed by atoms with Crippen LogP contribution in [0, 0.1) is 5.92 Å². The SMILES string of the molecule is CNC(=O)C[n+]1cc2n(c1)CC[C@@H]2SC1=C(C(=O)O)N2C(=O)[C@H]([C@@H](C)O)[C@H]2S1. The molecule has 0 aromatic carbocycles. The molecule has 2 amide bonds. The second-order valence-corrected chi connectivity index (χ2v) is 9.63. The van der Waals surface area contributed by atoms with E-state index in [2.05, 4.69) is 9.88 Å². The van der Waals surface area contributed by atoms with Crippen molar-refractivity contribution in [3.8, 4) is 0 Å². The number of carbonyl (C=O) groups is 3. The zero-order chi connectivity index (χ0) is 20.2. The lowest BCUT2D eigenvalue weighted by atomic mass is 9.92. The van der Waals surface area contributed by atoms with Crippen LogP contribution < -0.4 is 9.88 Å². The number of nitrogens with one attached hydrogen (secondary N) is 1. The number of fused-ring (bicyclic) bond motifs is 2. The molecule has 11 heteroatoms. The van der Waals surface area contributed by atoms with Gasteiger partial charge in [-0.3, -0.25) is 14.5 Å². The van der Waals surface area contributed by atoms with E-state index in [1.54, 1.807) is 14.0 Å². The Morgan fingerprint density at radius 2 is 2.25 bits per heavy atom. The molecule has 4 heterocycles. The predicted octanol–water partition coefficient (Wildman–Crippen LogP) is -0.135. The number of aliphatic carboxylic acids is 1. The van der Waals surface area contributed by atoms with E-state index in [4.69, 9.17) is 0 Å². The Hall–Kier alpha value is -1.98. The summed E-state index contributed by atoms with van der Waals surface area (Å²) < 4.78 is 4.49. The smallest absolute Gasteiger partial charge is 0.354 e. The summed E-state index contributed by atoms with van der Waals surface area (Å²) in [5.41, 5.74) is 1.05. The first-order valence-corrected chi connectivity index (χ1v) is 10.7. The number of imidazole rings is 1. The van der Waals surface area contributed by atoms with E-state index >= 15 is 0 Å². The van der Waals surface area contributed by atoms with Crippen LogP contribution in [0.4, 0.5) is 0 Å². The maximum absolute atomic E-state index is 12.3. The summed E-state index contributed by atoms with van der Waals surface area (Å²) >= 11 is 2.79. The van der Waals surface area contributed by atoms with Crippen molar-refractivity contribution in [1.29, 1.82) is 0 Å². The molecule has 3 aliphatic rings. The third kappa shape index (κ3) is 3.01. The molecule has 1 aromatic heterocycles. The minimum Gasteiger partial charge on any atom is -0.477 e. The molecule has 1 fully saturated rings. The standard InChI is InChI=1S/C17H20N4O5S2/c1-8(22)12-14(24)21-13(16(25)26)17(28-15(12)21)27-10-3-4-20-7-19(5-9(10)20)6-11(23)18-2/h5,7-8,10,12,15,22H,3-4,6H2,1-2H3,(H-,18,23,25,26)/p+1/t8-,10+,12+,15-/m1/s1. The predicted molar refractivity (Wildman–Crippen MR) is 102 cm³/mol. The number of aliphatic hydroxyl groups excluding tert-OH is 1. The summed E-state index contributed by atoms with van der Waals surface area (Å²) in [7, 11) is 1.59. The molecular weight excluding hydrogens is 404 g/mol. The van der Waals surface area contributed by atoms with Crippen LogP contribution in [0.5, 0.6) is 0 Å². The molecule has 150 valence electrons. The van der Waals surface area contributed by atoms with E-state index < -0.39 is 18.0 Å². The number of aromatic nitrogens is 2. The second-order valence-electron chi connectivity index (χ2n) is 7.03. The number of rotatable bonds is 6. The molecule has 0 spiro atoms. The van der Waals surface area contributed by atoms with Gasteiger partial charge in [-0.25, -0.2) is 13.9 Å². The lowest BCUT2D eigenvalue weighted by molar-refractivity contribution is -0.684. The maximum atomic E-state index is 12.3. The number of hydrogen-bond acceptors (Lipinski definition) is 6. The first-order valence-electron chi connectivity index (χ1n) is 8.93. The Balaban J connectivity index is 1.55. The third-order valence-corrected chi connectivity index (χ3v) is 8.10. The van der Waals surface area contributed by atoms with Gasteiger partial charge in [0, 0.05) is 13.5 Å². The molecular formula is C17H21N4O5S2+. The Bertz CT molecular complexity index is 896. The summed E-state index contributed by atoms with van der Waals surface area (Å²) in [4.78, 5) is 37.0. The van der Waals surface area contributed by atoms with Crippen molar-refractivity contribution in [2.24, 2.45) is 5.92 Å². The molecule has 4 rings (SSSR count). The first kappa shape index (κ1) is 19.3. The van der Waals surface area contributed by atoms with Crippen LogP contribution >= 0.6 is 23.5 Å². The van der Waals surface area contributed by atoms with Crippen LogP contribution in [0.25, 0.3) is 0 Å². The second kappa shape index (κ2) is 7.12. The number of likely N-dealkylation sites (N-methyl/N-ethyl adjacent to an activating group) is 1. The van der Waals surface area contributed by atoms with Crippen LogP contribution in [-0.2, 0) is 27.5 Å². The fourth-order valence-electron chi connectivity index (χ4n) is 3.79. The fourth-order valence-corrected chi connectivity index (χ4v) is 7.08. The molecule has 0 radical (unpaired) electrons. The van der Waals surface area contributed by atoms with Crippen LogP contribution in [0.15, 0.2) is 22.5 Å².